The Bertz CT molecular complexity index is 786. The first-order chi connectivity index (χ1) is 13.7. The number of hydrogen-bond donors (Lipinski definition) is 1. The summed E-state index contributed by atoms with van der Waals surface area (Å²) in [7, 11) is 1.70. The van der Waals surface area contributed by atoms with E-state index in [9.17, 15) is 13.2 Å². The van der Waals surface area contributed by atoms with Crippen molar-refractivity contribution in [1.82, 2.24) is 14.5 Å². The monoisotopic (exact) mass is 432 g/mol. The molecule has 0 radical (unpaired) electrons. The van der Waals surface area contributed by atoms with Gasteiger partial charge in [-0.05, 0) is 50.6 Å². The van der Waals surface area contributed by atoms with Crippen molar-refractivity contribution in [3.63, 3.8) is 0 Å². The molecule has 3 rings (SSSR count). The average molecular weight is 433 g/mol. The van der Waals surface area contributed by atoms with Crippen LogP contribution in [-0.2, 0) is 4.74 Å². The minimum Gasteiger partial charge on any atom is -0.383 e. The summed E-state index contributed by atoms with van der Waals surface area (Å²) in [5, 5.41) is 7.89. The zero-order valence-corrected chi connectivity index (χ0v) is 18.6. The molecule has 5 nitrogen and oxygen atoms in total. The number of piperidine rings is 1. The van der Waals surface area contributed by atoms with Crippen molar-refractivity contribution in [2.75, 3.05) is 38.7 Å². The Labute approximate surface area is 175 Å². The van der Waals surface area contributed by atoms with Gasteiger partial charge in [-0.3, -0.25) is 0 Å². The van der Waals surface area contributed by atoms with Gasteiger partial charge in [0.05, 0.1) is 22.7 Å². The van der Waals surface area contributed by atoms with Crippen molar-refractivity contribution >= 4 is 23.1 Å². The van der Waals surface area contributed by atoms with E-state index >= 15 is 0 Å². The fraction of sp³-hybridized carbons (Fsp3) is 0.650. The number of hydrogen-bond acceptors (Lipinski definition) is 5. The number of halogens is 3. The predicted molar refractivity (Wildman–Crippen MR) is 113 cm³/mol. The van der Waals surface area contributed by atoms with Crippen LogP contribution >= 0.6 is 11.8 Å². The number of nitrogens with zero attached hydrogens (tertiary/aromatic N) is 3. The fourth-order valence-corrected chi connectivity index (χ4v) is 4.10. The van der Waals surface area contributed by atoms with E-state index in [4.69, 9.17) is 4.74 Å². The molecule has 0 amide bonds. The lowest BCUT2D eigenvalue weighted by molar-refractivity contribution is -0.0328. The van der Waals surface area contributed by atoms with Crippen LogP contribution in [-0.4, -0.2) is 58.9 Å². The molecule has 3 heterocycles. The number of aromatic nitrogens is 2. The van der Waals surface area contributed by atoms with Gasteiger partial charge in [-0.25, -0.2) is 4.52 Å². The summed E-state index contributed by atoms with van der Waals surface area (Å²) in [5.74, 6) is 0.720. The first-order valence-corrected chi connectivity index (χ1v) is 10.8. The summed E-state index contributed by atoms with van der Waals surface area (Å²) in [6, 6.07) is 5.31. The summed E-state index contributed by atoms with van der Waals surface area (Å²) in [6.07, 6.45) is 1.88. The second kappa shape index (κ2) is 10.0. The Balaban J connectivity index is 0.00000145. The Morgan fingerprint density at radius 2 is 1.90 bits per heavy atom. The maximum Gasteiger partial charge on any atom is 0.446 e. The number of likely N-dealkylation sites (tertiary alicyclic amines) is 1. The van der Waals surface area contributed by atoms with Gasteiger partial charge in [-0.15, -0.1) is 0 Å². The molecular weight excluding hydrogens is 401 g/mol. The van der Waals surface area contributed by atoms with Crippen molar-refractivity contribution in [2.24, 2.45) is 0 Å². The quantitative estimate of drug-likeness (QED) is 0.636. The van der Waals surface area contributed by atoms with Crippen molar-refractivity contribution in [3.8, 4) is 0 Å². The molecule has 0 atom stereocenters. The number of pyridine rings is 1. The van der Waals surface area contributed by atoms with Crippen LogP contribution in [0.1, 0.15) is 39.3 Å². The molecule has 0 unspecified atom stereocenters. The molecule has 164 valence electrons. The maximum absolute atomic E-state index is 12.9. The van der Waals surface area contributed by atoms with Gasteiger partial charge in [-0.1, -0.05) is 19.9 Å². The largest absolute Gasteiger partial charge is 0.446 e. The van der Waals surface area contributed by atoms with E-state index in [0.29, 0.717) is 11.2 Å². The standard InChI is InChI=1S/C18H25F3N4OS.C2H6/c1-13-16(27-18(19,20)21)14-5-4-6-15(25(14)23-13)22-17(2)7-9-24(10-8-17)11-12-26-3;1-2/h4-6,22H,7-12H2,1-3H3;1-2H3. The summed E-state index contributed by atoms with van der Waals surface area (Å²) in [5.41, 5.74) is -3.61. The lowest BCUT2D eigenvalue weighted by Gasteiger charge is -2.40. The smallest absolute Gasteiger partial charge is 0.383 e. The molecule has 29 heavy (non-hydrogen) atoms. The number of alkyl halides is 3. The summed E-state index contributed by atoms with van der Waals surface area (Å²) in [6.45, 7) is 11.3. The SMILES string of the molecule is CC.COCCN1CCC(C)(Nc2cccc3c(SC(F)(F)F)c(C)nn23)CC1. The topological polar surface area (TPSA) is 41.8 Å². The molecule has 2 aromatic rings. The number of methoxy groups -OCH3 is 1. The van der Waals surface area contributed by atoms with E-state index < -0.39 is 5.51 Å². The first kappa shape index (κ1) is 23.8. The van der Waals surface area contributed by atoms with Gasteiger partial charge in [0.15, 0.2) is 0 Å². The number of fused-ring (bicyclic) bond motifs is 1. The van der Waals surface area contributed by atoms with E-state index in [-0.39, 0.29) is 22.2 Å². The van der Waals surface area contributed by atoms with E-state index in [1.54, 1.807) is 30.7 Å². The van der Waals surface area contributed by atoms with Crippen LogP contribution in [0, 0.1) is 6.92 Å². The lowest BCUT2D eigenvalue weighted by Crippen LogP contribution is -2.48. The molecule has 0 bridgehead atoms. The van der Waals surface area contributed by atoms with Crippen molar-refractivity contribution in [3.05, 3.63) is 23.9 Å². The van der Waals surface area contributed by atoms with Gasteiger partial charge in [0.2, 0.25) is 0 Å². The van der Waals surface area contributed by atoms with Crippen LogP contribution in [0.15, 0.2) is 23.1 Å². The van der Waals surface area contributed by atoms with E-state index in [0.717, 1.165) is 44.9 Å². The second-order valence-corrected chi connectivity index (χ2v) is 8.27. The summed E-state index contributed by atoms with van der Waals surface area (Å²) >= 11 is -0.104. The number of ether oxygens (including phenoxy) is 1. The second-order valence-electron chi connectivity index (χ2n) is 7.19. The van der Waals surface area contributed by atoms with Gasteiger partial charge >= 0.3 is 5.51 Å². The molecule has 1 aliphatic rings. The number of aryl methyl sites for hydroxylation is 1. The van der Waals surface area contributed by atoms with Crippen molar-refractivity contribution < 1.29 is 17.9 Å². The van der Waals surface area contributed by atoms with E-state index in [2.05, 4.69) is 22.2 Å². The Hall–Kier alpha value is -1.45. The molecule has 1 fully saturated rings. The molecule has 9 heteroatoms. The van der Waals surface area contributed by atoms with Gasteiger partial charge in [0.1, 0.15) is 5.82 Å². The summed E-state index contributed by atoms with van der Waals surface area (Å²) in [4.78, 5) is 2.52. The fourth-order valence-electron chi connectivity index (χ4n) is 3.42. The maximum atomic E-state index is 12.9. The molecule has 1 N–H and O–H groups in total. The van der Waals surface area contributed by atoms with Gasteiger partial charge < -0.3 is 15.0 Å². The molecular formula is C20H31F3N4OS. The molecule has 0 aliphatic carbocycles. The average Bonchev–Trinajstić information content (AvgIpc) is 2.98. The minimum absolute atomic E-state index is 0.104. The zero-order valence-electron chi connectivity index (χ0n) is 17.8. The summed E-state index contributed by atoms with van der Waals surface area (Å²) < 4.78 is 45.4. The Morgan fingerprint density at radius 1 is 1.24 bits per heavy atom. The van der Waals surface area contributed by atoms with Crippen LogP contribution in [0.25, 0.3) is 5.52 Å². The normalized spacial score (nSPS) is 17.1. The highest BCUT2D eigenvalue weighted by Crippen LogP contribution is 2.41. The Morgan fingerprint density at radius 3 is 2.48 bits per heavy atom. The predicted octanol–water partition coefficient (Wildman–Crippen LogP) is 5.19. The van der Waals surface area contributed by atoms with Crippen molar-refractivity contribution in [1.29, 1.82) is 0 Å². The van der Waals surface area contributed by atoms with Crippen molar-refractivity contribution in [2.45, 2.75) is 56.5 Å². The highest BCUT2D eigenvalue weighted by Gasteiger charge is 2.33. The van der Waals surface area contributed by atoms with Crippen LogP contribution in [0.3, 0.4) is 0 Å². The number of nitrogens with one attached hydrogen (secondary N) is 1. The third-order valence-corrected chi connectivity index (χ3v) is 5.93. The van der Waals surface area contributed by atoms with Crippen LogP contribution in [0.4, 0.5) is 19.0 Å². The van der Waals surface area contributed by atoms with Gasteiger partial charge in [0, 0.05) is 32.3 Å². The molecule has 2 aromatic heterocycles. The molecule has 1 saturated heterocycles. The third kappa shape index (κ3) is 6.26. The van der Waals surface area contributed by atoms with Gasteiger partial charge in [-0.2, -0.15) is 18.3 Å². The Kier molecular flexibility index (Phi) is 8.25. The molecule has 0 spiro atoms. The molecule has 0 aromatic carbocycles. The van der Waals surface area contributed by atoms with Crippen LogP contribution < -0.4 is 5.32 Å². The van der Waals surface area contributed by atoms with Gasteiger partial charge in [0.25, 0.3) is 0 Å². The highest BCUT2D eigenvalue weighted by atomic mass is 32.2. The zero-order chi connectivity index (χ0) is 21.7. The van der Waals surface area contributed by atoms with Crippen LogP contribution in [0.5, 0.6) is 0 Å². The third-order valence-electron chi connectivity index (χ3n) is 4.99. The highest BCUT2D eigenvalue weighted by molar-refractivity contribution is 8.00. The lowest BCUT2D eigenvalue weighted by atomic mass is 9.89. The first-order valence-electron chi connectivity index (χ1n) is 9.94. The number of thioether (sulfide) groups is 1. The number of anilines is 1. The minimum atomic E-state index is -4.33. The number of rotatable bonds is 6. The molecule has 1 aliphatic heterocycles. The molecule has 0 saturated carbocycles. The van der Waals surface area contributed by atoms with Crippen LogP contribution in [0.2, 0.25) is 0 Å². The van der Waals surface area contributed by atoms with E-state index in [1.165, 1.54) is 0 Å². The van der Waals surface area contributed by atoms with E-state index in [1.807, 2.05) is 19.9 Å².